The number of carbonyl (C=O) groups is 1. The first kappa shape index (κ1) is 16.2. The lowest BCUT2D eigenvalue weighted by Crippen LogP contribution is -2.30. The molecule has 2 rings (SSSR count). The number of halogens is 2. The van der Waals surface area contributed by atoms with Crippen LogP contribution in [0.25, 0.3) is 0 Å². The van der Waals surface area contributed by atoms with Gasteiger partial charge in [0.2, 0.25) is 5.91 Å². The van der Waals surface area contributed by atoms with Crippen molar-refractivity contribution < 1.29 is 4.79 Å². The summed E-state index contributed by atoms with van der Waals surface area (Å²) in [6, 6.07) is 15.0. The van der Waals surface area contributed by atoms with Crippen LogP contribution >= 0.6 is 35.0 Å². The highest BCUT2D eigenvalue weighted by Gasteiger charge is 2.15. The van der Waals surface area contributed by atoms with E-state index in [1.54, 1.807) is 18.2 Å². The van der Waals surface area contributed by atoms with Crippen LogP contribution in [0, 0.1) is 0 Å². The van der Waals surface area contributed by atoms with Crippen molar-refractivity contribution in [2.24, 2.45) is 0 Å². The summed E-state index contributed by atoms with van der Waals surface area (Å²) in [7, 11) is 0. The van der Waals surface area contributed by atoms with Crippen molar-refractivity contribution in [3.05, 3.63) is 64.1 Å². The van der Waals surface area contributed by atoms with Crippen LogP contribution in [0.3, 0.4) is 0 Å². The van der Waals surface area contributed by atoms with E-state index in [1.807, 2.05) is 37.3 Å². The lowest BCUT2D eigenvalue weighted by molar-refractivity contribution is -0.120. The van der Waals surface area contributed by atoms with Crippen LogP contribution in [0.2, 0.25) is 10.0 Å². The van der Waals surface area contributed by atoms with E-state index in [9.17, 15) is 4.79 Å². The molecule has 1 atom stereocenters. The van der Waals surface area contributed by atoms with Gasteiger partial charge in [0.05, 0.1) is 10.3 Å². The van der Waals surface area contributed by atoms with E-state index in [-0.39, 0.29) is 11.2 Å². The second-order valence-corrected chi connectivity index (χ2v) is 6.76. The molecule has 0 aliphatic carbocycles. The first-order valence-corrected chi connectivity index (χ1v) is 8.13. The molecule has 21 heavy (non-hydrogen) atoms. The minimum absolute atomic E-state index is 0.0279. The Bertz CT molecular complexity index is 619. The molecule has 0 aliphatic heterocycles. The van der Waals surface area contributed by atoms with Gasteiger partial charge in [-0.15, -0.1) is 11.8 Å². The zero-order valence-corrected chi connectivity index (χ0v) is 13.8. The third kappa shape index (κ3) is 4.95. The van der Waals surface area contributed by atoms with Gasteiger partial charge >= 0.3 is 0 Å². The molecule has 2 aromatic rings. The monoisotopic (exact) mass is 339 g/mol. The fourth-order valence-corrected chi connectivity index (χ4v) is 3.18. The lowest BCUT2D eigenvalue weighted by atomic mass is 10.2. The molecule has 110 valence electrons. The van der Waals surface area contributed by atoms with Crippen molar-refractivity contribution in [1.82, 2.24) is 5.32 Å². The second kappa shape index (κ2) is 7.74. The Morgan fingerprint density at radius 3 is 2.62 bits per heavy atom. The van der Waals surface area contributed by atoms with Gasteiger partial charge in [0.25, 0.3) is 0 Å². The van der Waals surface area contributed by atoms with E-state index in [2.05, 4.69) is 5.32 Å². The number of hydrogen-bond donors (Lipinski definition) is 1. The molecule has 0 radical (unpaired) electrons. The first-order valence-electron chi connectivity index (χ1n) is 6.49. The fourth-order valence-electron chi connectivity index (χ4n) is 1.74. The van der Waals surface area contributed by atoms with Crippen LogP contribution in [0.4, 0.5) is 0 Å². The predicted octanol–water partition coefficient (Wildman–Crippen LogP) is 4.79. The molecular formula is C16H15Cl2NOS. The summed E-state index contributed by atoms with van der Waals surface area (Å²) in [6.45, 7) is 2.37. The number of amides is 1. The molecule has 1 N–H and O–H groups in total. The Labute approximate surface area is 138 Å². The van der Waals surface area contributed by atoms with Gasteiger partial charge in [-0.1, -0.05) is 53.5 Å². The molecule has 2 aromatic carbocycles. The molecule has 0 saturated carbocycles. The molecule has 2 nitrogen and oxygen atoms in total. The SMILES string of the molecule is C[C@H](Sc1cc(Cl)ccc1Cl)C(=O)NCc1ccccc1. The van der Waals surface area contributed by atoms with E-state index >= 15 is 0 Å². The van der Waals surface area contributed by atoms with Gasteiger partial charge in [0.15, 0.2) is 0 Å². The van der Waals surface area contributed by atoms with E-state index in [1.165, 1.54) is 11.8 Å². The lowest BCUT2D eigenvalue weighted by Gasteiger charge is -2.13. The molecular weight excluding hydrogens is 325 g/mol. The van der Waals surface area contributed by atoms with Gasteiger partial charge in [-0.2, -0.15) is 0 Å². The molecule has 0 heterocycles. The summed E-state index contributed by atoms with van der Waals surface area (Å²) in [4.78, 5) is 12.9. The van der Waals surface area contributed by atoms with Crippen LogP contribution < -0.4 is 5.32 Å². The summed E-state index contributed by atoms with van der Waals surface area (Å²) in [5.74, 6) is -0.0279. The maximum Gasteiger partial charge on any atom is 0.233 e. The van der Waals surface area contributed by atoms with E-state index in [0.29, 0.717) is 16.6 Å². The molecule has 0 fully saturated rings. The molecule has 0 saturated heterocycles. The molecule has 5 heteroatoms. The Balaban J connectivity index is 1.92. The van der Waals surface area contributed by atoms with Crippen molar-refractivity contribution >= 4 is 40.9 Å². The van der Waals surface area contributed by atoms with Crippen LogP contribution in [0.5, 0.6) is 0 Å². The summed E-state index contributed by atoms with van der Waals surface area (Å²) in [5.41, 5.74) is 1.07. The maximum absolute atomic E-state index is 12.1. The highest BCUT2D eigenvalue weighted by molar-refractivity contribution is 8.00. The van der Waals surface area contributed by atoms with Gasteiger partial charge in [-0.3, -0.25) is 4.79 Å². The largest absolute Gasteiger partial charge is 0.351 e. The number of carbonyl (C=O) groups excluding carboxylic acids is 1. The summed E-state index contributed by atoms with van der Waals surface area (Å²) in [6.07, 6.45) is 0. The summed E-state index contributed by atoms with van der Waals surface area (Å²) in [5, 5.41) is 3.89. The van der Waals surface area contributed by atoms with Crippen LogP contribution in [0.1, 0.15) is 12.5 Å². The highest BCUT2D eigenvalue weighted by atomic mass is 35.5. The second-order valence-electron chi connectivity index (χ2n) is 4.54. The third-order valence-electron chi connectivity index (χ3n) is 2.88. The van der Waals surface area contributed by atoms with E-state index in [4.69, 9.17) is 23.2 Å². The standard InChI is InChI=1S/C16H15Cl2NOS/c1-11(21-15-9-13(17)7-8-14(15)18)16(20)19-10-12-5-3-2-4-6-12/h2-9,11H,10H2,1H3,(H,19,20)/t11-/m0/s1. The number of nitrogens with one attached hydrogen (secondary N) is 1. The number of thioether (sulfide) groups is 1. The molecule has 1 amide bonds. The van der Waals surface area contributed by atoms with Crippen LogP contribution in [-0.2, 0) is 11.3 Å². The quantitative estimate of drug-likeness (QED) is 0.793. The minimum atomic E-state index is -0.246. The van der Waals surface area contributed by atoms with Crippen LogP contribution in [0.15, 0.2) is 53.4 Å². The van der Waals surface area contributed by atoms with Crippen molar-refractivity contribution in [3.63, 3.8) is 0 Å². The van der Waals surface area contributed by atoms with E-state index in [0.717, 1.165) is 10.5 Å². The first-order chi connectivity index (χ1) is 10.1. The molecule has 0 aromatic heterocycles. The van der Waals surface area contributed by atoms with Crippen molar-refractivity contribution in [1.29, 1.82) is 0 Å². The number of rotatable bonds is 5. The number of hydrogen-bond acceptors (Lipinski definition) is 2. The third-order valence-corrected chi connectivity index (χ3v) is 4.71. The van der Waals surface area contributed by atoms with Crippen molar-refractivity contribution in [2.75, 3.05) is 0 Å². The highest BCUT2D eigenvalue weighted by Crippen LogP contribution is 2.32. The average molecular weight is 340 g/mol. The molecule has 0 aliphatic rings. The normalized spacial score (nSPS) is 12.0. The van der Waals surface area contributed by atoms with E-state index < -0.39 is 0 Å². The van der Waals surface area contributed by atoms with Crippen molar-refractivity contribution in [2.45, 2.75) is 23.6 Å². The van der Waals surface area contributed by atoms with Crippen LogP contribution in [-0.4, -0.2) is 11.2 Å². The van der Waals surface area contributed by atoms with Gasteiger partial charge in [0.1, 0.15) is 0 Å². The summed E-state index contributed by atoms with van der Waals surface area (Å²) >= 11 is 13.5. The van der Waals surface area contributed by atoms with Crippen molar-refractivity contribution in [3.8, 4) is 0 Å². The molecule has 0 spiro atoms. The maximum atomic E-state index is 12.1. The topological polar surface area (TPSA) is 29.1 Å². The Morgan fingerprint density at radius 2 is 1.90 bits per heavy atom. The Kier molecular flexibility index (Phi) is 5.97. The smallest absolute Gasteiger partial charge is 0.233 e. The van der Waals surface area contributed by atoms with Gasteiger partial charge in [-0.05, 0) is 30.7 Å². The Morgan fingerprint density at radius 1 is 1.19 bits per heavy atom. The fraction of sp³-hybridized carbons (Fsp3) is 0.188. The molecule has 0 bridgehead atoms. The van der Waals surface area contributed by atoms with Gasteiger partial charge in [-0.25, -0.2) is 0 Å². The Hall–Kier alpha value is -1.16. The zero-order chi connectivity index (χ0) is 15.2. The minimum Gasteiger partial charge on any atom is -0.351 e. The average Bonchev–Trinajstić information content (AvgIpc) is 2.49. The number of benzene rings is 2. The zero-order valence-electron chi connectivity index (χ0n) is 11.5. The summed E-state index contributed by atoms with van der Waals surface area (Å²) < 4.78 is 0. The van der Waals surface area contributed by atoms with Gasteiger partial charge in [0, 0.05) is 16.5 Å². The van der Waals surface area contributed by atoms with Gasteiger partial charge < -0.3 is 5.32 Å². The predicted molar refractivity (Wildman–Crippen MR) is 90.1 cm³/mol. The molecule has 0 unspecified atom stereocenters.